The monoisotopic (exact) mass is 596 g/mol. The summed E-state index contributed by atoms with van der Waals surface area (Å²) in [5.74, 6) is -60.8. The molecule has 0 bridgehead atoms. The highest BCUT2D eigenvalue weighted by Gasteiger charge is 2.95. The van der Waals surface area contributed by atoms with Crippen LogP contribution in [-0.4, -0.2) is 69.0 Å². The standard InChI is InChI=1S/C13H8F17NO4S/c1-2-35-5(32)4(31-36(33)34)3-6(14,15)7(16,17)8(18,19)9(20,21)10(22,23)11(24,25)12(26,27)13(28,29)30/h3,31H,2H2,1H3,(H,33,34)/p-1. The zero-order chi connectivity index (χ0) is 29.6. The summed E-state index contributed by atoms with van der Waals surface area (Å²) in [6, 6.07) is 0. The third-order valence-corrected chi connectivity index (χ3v) is 4.15. The second-order valence-corrected chi connectivity index (χ2v) is 6.86. The SMILES string of the molecule is CCOC(=O)C(=CC(F)(F)C(F)(F)C(F)(F)C(F)(F)C(F)(F)C(F)(F)C(F)(F)C(F)(F)F)NS(=O)[O-]. The number of ether oxygens (including phenoxy) is 1. The fourth-order valence-corrected chi connectivity index (χ4v) is 2.20. The molecule has 214 valence electrons. The molecule has 0 aliphatic carbocycles. The minimum atomic E-state index is -8.81. The Labute approximate surface area is 189 Å². The number of allylic oxidation sites excluding steroid dienone is 1. The molecule has 0 heterocycles. The molecule has 0 aliphatic heterocycles. The van der Waals surface area contributed by atoms with Gasteiger partial charge in [-0.15, -0.1) is 0 Å². The molecule has 0 aliphatic rings. The zero-order valence-electron chi connectivity index (χ0n) is 16.3. The van der Waals surface area contributed by atoms with Crippen LogP contribution in [0.1, 0.15) is 6.92 Å². The number of halogens is 17. The Morgan fingerprint density at radius 3 is 1.36 bits per heavy atom. The molecule has 0 aromatic rings. The Hall–Kier alpha value is -2.07. The molecule has 0 fully saturated rings. The summed E-state index contributed by atoms with van der Waals surface area (Å²) in [5, 5.41) is 0. The first kappa shape index (κ1) is 33.9. The topological polar surface area (TPSA) is 78.5 Å². The highest BCUT2D eigenvalue weighted by atomic mass is 32.2. The second-order valence-electron chi connectivity index (χ2n) is 6.18. The van der Waals surface area contributed by atoms with Crippen molar-refractivity contribution in [1.82, 2.24) is 4.72 Å². The molecule has 0 radical (unpaired) electrons. The summed E-state index contributed by atoms with van der Waals surface area (Å²) in [6.07, 6.45) is -9.81. The average molecular weight is 596 g/mol. The molecule has 23 heteroatoms. The van der Waals surface area contributed by atoms with E-state index in [-0.39, 0.29) is 0 Å². The Morgan fingerprint density at radius 1 is 0.722 bits per heavy atom. The Morgan fingerprint density at radius 2 is 1.06 bits per heavy atom. The lowest BCUT2D eigenvalue weighted by Crippen LogP contribution is -2.74. The summed E-state index contributed by atoms with van der Waals surface area (Å²) in [5.41, 5.74) is -2.46. The van der Waals surface area contributed by atoms with E-state index in [0.717, 1.165) is 6.92 Å². The van der Waals surface area contributed by atoms with Crippen LogP contribution >= 0.6 is 0 Å². The number of rotatable bonds is 11. The van der Waals surface area contributed by atoms with E-state index in [1.165, 1.54) is 0 Å². The number of alkyl halides is 17. The number of esters is 1. The quantitative estimate of drug-likeness (QED) is 0.161. The van der Waals surface area contributed by atoms with Crippen molar-refractivity contribution in [3.8, 4) is 0 Å². The van der Waals surface area contributed by atoms with Crippen molar-refractivity contribution in [2.75, 3.05) is 6.61 Å². The largest absolute Gasteiger partial charge is 0.755 e. The van der Waals surface area contributed by atoms with E-state index in [0.29, 0.717) is 4.72 Å². The second kappa shape index (κ2) is 9.67. The molecule has 36 heavy (non-hydrogen) atoms. The fraction of sp³-hybridized carbons (Fsp3) is 0.769. The molecule has 0 amide bonds. The predicted octanol–water partition coefficient (Wildman–Crippen LogP) is 4.83. The maximum atomic E-state index is 13.8. The summed E-state index contributed by atoms with van der Waals surface area (Å²) >= 11 is -3.96. The molecule has 1 atom stereocenters. The predicted molar refractivity (Wildman–Crippen MR) is 77.5 cm³/mol. The van der Waals surface area contributed by atoms with Gasteiger partial charge >= 0.3 is 53.6 Å². The first-order valence-electron chi connectivity index (χ1n) is 7.98. The third kappa shape index (κ3) is 5.16. The molecule has 0 rings (SSSR count). The van der Waals surface area contributed by atoms with Crippen LogP contribution in [0.4, 0.5) is 74.6 Å². The summed E-state index contributed by atoms with van der Waals surface area (Å²) < 4.78 is 249. The Bertz CT molecular complexity index is 882. The molecular formula is C13H7F17NO4S-. The van der Waals surface area contributed by atoms with Gasteiger partial charge in [-0.05, 0) is 6.92 Å². The minimum Gasteiger partial charge on any atom is -0.755 e. The third-order valence-electron chi connectivity index (χ3n) is 3.76. The van der Waals surface area contributed by atoms with Gasteiger partial charge in [-0.25, -0.2) is 4.79 Å². The Balaban J connectivity index is 6.97. The van der Waals surface area contributed by atoms with E-state index in [9.17, 15) is 88.2 Å². The summed E-state index contributed by atoms with van der Waals surface area (Å²) in [7, 11) is 0. The molecule has 1 N–H and O–H groups in total. The fourth-order valence-electron chi connectivity index (χ4n) is 1.88. The average Bonchev–Trinajstić information content (AvgIpc) is 2.65. The van der Waals surface area contributed by atoms with Crippen molar-refractivity contribution in [1.29, 1.82) is 0 Å². The van der Waals surface area contributed by atoms with Gasteiger partial charge in [-0.2, -0.15) is 74.6 Å². The van der Waals surface area contributed by atoms with Gasteiger partial charge in [0.1, 0.15) is 5.70 Å². The van der Waals surface area contributed by atoms with Crippen molar-refractivity contribution < 1.29 is 92.9 Å². The lowest BCUT2D eigenvalue weighted by atomic mass is 9.89. The zero-order valence-corrected chi connectivity index (χ0v) is 17.1. The van der Waals surface area contributed by atoms with E-state index < -0.39 is 83.2 Å². The number of carbonyl (C=O) groups is 1. The van der Waals surface area contributed by atoms with E-state index in [2.05, 4.69) is 4.74 Å². The van der Waals surface area contributed by atoms with Crippen molar-refractivity contribution >= 4 is 17.2 Å². The van der Waals surface area contributed by atoms with E-state index in [1.54, 1.807) is 0 Å². The van der Waals surface area contributed by atoms with E-state index in [4.69, 9.17) is 0 Å². The van der Waals surface area contributed by atoms with Crippen LogP contribution in [0.5, 0.6) is 0 Å². The van der Waals surface area contributed by atoms with Gasteiger partial charge < -0.3 is 14.0 Å². The van der Waals surface area contributed by atoms with Crippen LogP contribution in [0, 0.1) is 0 Å². The number of nitrogens with one attached hydrogen (secondary N) is 1. The van der Waals surface area contributed by atoms with Gasteiger partial charge in [0.15, 0.2) is 0 Å². The molecule has 0 saturated heterocycles. The highest BCUT2D eigenvalue weighted by Crippen LogP contribution is 2.64. The van der Waals surface area contributed by atoms with Crippen LogP contribution in [0.3, 0.4) is 0 Å². The Kier molecular flexibility index (Phi) is 9.11. The van der Waals surface area contributed by atoms with Crippen molar-refractivity contribution in [2.24, 2.45) is 0 Å². The van der Waals surface area contributed by atoms with Gasteiger partial charge in [-0.1, -0.05) is 0 Å². The number of hydrogen-bond donors (Lipinski definition) is 1. The maximum absolute atomic E-state index is 13.8. The first-order chi connectivity index (χ1) is 15.5. The lowest BCUT2D eigenvalue weighted by Gasteiger charge is -2.42. The number of carbonyl (C=O) groups excluding carboxylic acids is 1. The molecule has 0 saturated carbocycles. The normalized spacial score (nSPS) is 16.6. The van der Waals surface area contributed by atoms with Gasteiger partial charge in [0.25, 0.3) is 0 Å². The van der Waals surface area contributed by atoms with Gasteiger partial charge in [0, 0.05) is 17.3 Å². The number of hydrogen-bond acceptors (Lipinski definition) is 4. The first-order valence-corrected chi connectivity index (χ1v) is 9.06. The van der Waals surface area contributed by atoms with Crippen molar-refractivity contribution in [2.45, 2.75) is 54.6 Å². The van der Waals surface area contributed by atoms with Crippen molar-refractivity contribution in [3.63, 3.8) is 0 Å². The molecule has 0 spiro atoms. The lowest BCUT2D eigenvalue weighted by molar-refractivity contribution is -0.459. The van der Waals surface area contributed by atoms with Crippen LogP contribution in [0.25, 0.3) is 0 Å². The molecule has 0 aromatic carbocycles. The van der Waals surface area contributed by atoms with E-state index in [1.807, 2.05) is 0 Å². The minimum absolute atomic E-state index is 0.539. The maximum Gasteiger partial charge on any atom is 0.460 e. The van der Waals surface area contributed by atoms with Crippen LogP contribution in [0.2, 0.25) is 0 Å². The molecule has 0 aromatic heterocycles. The van der Waals surface area contributed by atoms with Gasteiger partial charge in [0.2, 0.25) is 0 Å². The van der Waals surface area contributed by atoms with Crippen LogP contribution in [0.15, 0.2) is 11.8 Å². The van der Waals surface area contributed by atoms with Gasteiger partial charge in [-0.3, -0.25) is 4.21 Å². The van der Waals surface area contributed by atoms with E-state index >= 15 is 0 Å². The highest BCUT2D eigenvalue weighted by molar-refractivity contribution is 7.77. The smallest absolute Gasteiger partial charge is 0.460 e. The summed E-state index contributed by atoms with van der Waals surface area (Å²) in [6.45, 7) is -0.0294. The molecular weight excluding hydrogens is 589 g/mol. The van der Waals surface area contributed by atoms with Crippen LogP contribution < -0.4 is 4.72 Å². The van der Waals surface area contributed by atoms with Crippen molar-refractivity contribution in [3.05, 3.63) is 11.8 Å². The summed E-state index contributed by atoms with van der Waals surface area (Å²) in [4.78, 5) is 11.3. The molecule has 1 unspecified atom stereocenters. The molecule has 5 nitrogen and oxygen atoms in total. The van der Waals surface area contributed by atoms with Crippen LogP contribution in [-0.2, 0) is 20.8 Å². The van der Waals surface area contributed by atoms with Gasteiger partial charge in [0.05, 0.1) is 6.61 Å².